The lowest BCUT2D eigenvalue weighted by Crippen LogP contribution is -2.44. The van der Waals surface area contributed by atoms with Gasteiger partial charge in [0.15, 0.2) is 17.4 Å². The molecule has 1 atom stereocenters. The van der Waals surface area contributed by atoms with Crippen LogP contribution in [-0.2, 0) is 34.5 Å². The Kier molecular flexibility index (Phi) is 7.58. The quantitative estimate of drug-likeness (QED) is 0.532. The largest absolute Gasteiger partial charge is 0.483 e. The second kappa shape index (κ2) is 10.5. The molecule has 2 aliphatic rings. The average molecular weight is 538 g/mol. The van der Waals surface area contributed by atoms with Gasteiger partial charge in [-0.15, -0.1) is 0 Å². The minimum absolute atomic E-state index is 0.0191. The fourth-order valence-electron chi connectivity index (χ4n) is 4.70. The van der Waals surface area contributed by atoms with Crippen molar-refractivity contribution < 1.29 is 36.6 Å². The molecule has 0 aromatic heterocycles. The first-order chi connectivity index (χ1) is 17.5. The van der Waals surface area contributed by atoms with Crippen LogP contribution < -0.4 is 13.8 Å². The SMILES string of the molecule is CC(C)CCN(C(=O)O)[C@@H]1CCc2c(F)c(OCc3ccccc3)c(N3CC(=O)NS3(=O)=O)c(F)c2C1. The molecule has 0 radical (unpaired) electrons. The summed E-state index contributed by atoms with van der Waals surface area (Å²) < 4.78 is 65.1. The third kappa shape index (κ3) is 5.48. The van der Waals surface area contributed by atoms with E-state index in [9.17, 15) is 23.1 Å². The number of halogens is 2. The van der Waals surface area contributed by atoms with E-state index in [1.807, 2.05) is 13.8 Å². The van der Waals surface area contributed by atoms with Crippen molar-refractivity contribution in [3.63, 3.8) is 0 Å². The number of hydrogen-bond donors (Lipinski definition) is 2. The molecule has 12 heteroatoms. The minimum atomic E-state index is -4.48. The van der Waals surface area contributed by atoms with Crippen LogP contribution in [0.15, 0.2) is 30.3 Å². The average Bonchev–Trinajstić information content (AvgIpc) is 3.11. The molecular formula is C25H29F2N3O6S. The molecule has 1 aliphatic carbocycles. The molecule has 0 spiro atoms. The highest BCUT2D eigenvalue weighted by atomic mass is 32.2. The van der Waals surface area contributed by atoms with Gasteiger partial charge in [-0.25, -0.2) is 22.6 Å². The Balaban J connectivity index is 1.77. The number of nitrogens with zero attached hydrogens (tertiary/aromatic N) is 2. The minimum Gasteiger partial charge on any atom is -0.483 e. The van der Waals surface area contributed by atoms with E-state index in [-0.39, 0.29) is 49.5 Å². The lowest BCUT2D eigenvalue weighted by Gasteiger charge is -2.35. The van der Waals surface area contributed by atoms with Crippen LogP contribution in [0.1, 0.15) is 43.4 Å². The number of amides is 2. The fourth-order valence-corrected chi connectivity index (χ4v) is 5.85. The summed E-state index contributed by atoms with van der Waals surface area (Å²) in [5.41, 5.74) is -0.145. The summed E-state index contributed by atoms with van der Waals surface area (Å²) in [5.74, 6) is -3.21. The van der Waals surface area contributed by atoms with Gasteiger partial charge < -0.3 is 14.7 Å². The zero-order chi connectivity index (χ0) is 26.9. The number of benzene rings is 2. The van der Waals surface area contributed by atoms with E-state index in [0.29, 0.717) is 16.3 Å². The number of ether oxygens (including phenoxy) is 1. The van der Waals surface area contributed by atoms with E-state index in [0.717, 1.165) is 0 Å². The highest BCUT2D eigenvalue weighted by Crippen LogP contribution is 2.44. The van der Waals surface area contributed by atoms with Crippen LogP contribution in [0.2, 0.25) is 0 Å². The van der Waals surface area contributed by atoms with E-state index < -0.39 is 57.9 Å². The molecule has 0 unspecified atom stereocenters. The molecule has 1 aliphatic heterocycles. The Morgan fingerprint density at radius 1 is 1.22 bits per heavy atom. The molecule has 1 fully saturated rings. The van der Waals surface area contributed by atoms with Crippen LogP contribution in [0.4, 0.5) is 19.3 Å². The van der Waals surface area contributed by atoms with Gasteiger partial charge in [0, 0.05) is 12.6 Å². The standard InChI is InChI=1S/C25H29F2N3O6S/c1-15(2)10-11-29(25(32)33)17-8-9-18-19(12-17)21(26)23(30-13-20(31)28-37(30,34)35)24(22(18)27)36-14-16-6-4-3-5-7-16/h3-7,15,17H,8-14H2,1-2H3,(H,28,31)(H,32,33)/t17-/m1/s1. The van der Waals surface area contributed by atoms with E-state index in [1.165, 1.54) is 4.90 Å². The normalized spacial score (nSPS) is 18.5. The van der Waals surface area contributed by atoms with Crippen molar-refractivity contribution in [2.45, 2.75) is 52.2 Å². The first-order valence-corrected chi connectivity index (χ1v) is 13.5. The van der Waals surface area contributed by atoms with Gasteiger partial charge in [0.25, 0.3) is 5.91 Å². The zero-order valence-corrected chi connectivity index (χ0v) is 21.4. The first kappa shape index (κ1) is 26.6. The Morgan fingerprint density at radius 3 is 2.51 bits per heavy atom. The molecule has 2 aromatic rings. The smallest absolute Gasteiger partial charge is 0.407 e. The number of fused-ring (bicyclic) bond motifs is 1. The van der Waals surface area contributed by atoms with E-state index >= 15 is 8.78 Å². The zero-order valence-electron chi connectivity index (χ0n) is 20.5. The molecule has 37 heavy (non-hydrogen) atoms. The van der Waals surface area contributed by atoms with E-state index in [2.05, 4.69) is 0 Å². The topological polar surface area (TPSA) is 116 Å². The summed E-state index contributed by atoms with van der Waals surface area (Å²) in [4.78, 5) is 25.1. The van der Waals surface area contributed by atoms with Crippen molar-refractivity contribution in [3.8, 4) is 5.75 Å². The first-order valence-electron chi connectivity index (χ1n) is 12.0. The number of carbonyl (C=O) groups is 2. The maximum atomic E-state index is 16.1. The third-order valence-electron chi connectivity index (χ3n) is 6.61. The molecular weight excluding hydrogens is 508 g/mol. The van der Waals surface area contributed by atoms with Gasteiger partial charge in [-0.3, -0.25) is 4.79 Å². The van der Waals surface area contributed by atoms with Crippen molar-refractivity contribution in [3.05, 3.63) is 58.7 Å². The van der Waals surface area contributed by atoms with Gasteiger partial charge in [-0.05, 0) is 48.3 Å². The van der Waals surface area contributed by atoms with Crippen molar-refractivity contribution in [2.75, 3.05) is 17.4 Å². The van der Waals surface area contributed by atoms with Gasteiger partial charge in [-0.1, -0.05) is 44.2 Å². The van der Waals surface area contributed by atoms with Gasteiger partial charge in [0.05, 0.1) is 0 Å². The lowest BCUT2D eigenvalue weighted by molar-refractivity contribution is -0.117. The summed E-state index contributed by atoms with van der Waals surface area (Å²) in [5, 5.41) is 9.76. The molecule has 1 heterocycles. The van der Waals surface area contributed by atoms with Crippen LogP contribution in [0.3, 0.4) is 0 Å². The Labute approximate surface area is 214 Å². The van der Waals surface area contributed by atoms with Gasteiger partial charge >= 0.3 is 16.3 Å². The molecule has 2 amide bonds. The Bertz CT molecular complexity index is 1300. The number of carbonyl (C=O) groups excluding carboxylic acids is 1. The number of hydrogen-bond acceptors (Lipinski definition) is 5. The van der Waals surface area contributed by atoms with Gasteiger partial charge in [0.2, 0.25) is 0 Å². The van der Waals surface area contributed by atoms with Crippen LogP contribution in [0, 0.1) is 17.6 Å². The highest BCUT2D eigenvalue weighted by Gasteiger charge is 2.42. The summed E-state index contributed by atoms with van der Waals surface area (Å²) >= 11 is 0. The van der Waals surface area contributed by atoms with Crippen LogP contribution >= 0.6 is 0 Å². The summed E-state index contributed by atoms with van der Waals surface area (Å²) in [6.07, 6.45) is -0.379. The van der Waals surface area contributed by atoms with Crippen molar-refractivity contribution in [2.24, 2.45) is 5.92 Å². The molecule has 4 rings (SSSR count). The molecule has 0 saturated carbocycles. The monoisotopic (exact) mass is 537 g/mol. The number of rotatable bonds is 8. The highest BCUT2D eigenvalue weighted by molar-refractivity contribution is 7.92. The molecule has 2 aromatic carbocycles. The predicted molar refractivity (Wildman–Crippen MR) is 132 cm³/mol. The van der Waals surface area contributed by atoms with Crippen LogP contribution in [0.5, 0.6) is 5.75 Å². The molecule has 2 N–H and O–H groups in total. The molecule has 0 bridgehead atoms. The van der Waals surface area contributed by atoms with Crippen LogP contribution in [-0.4, -0.2) is 49.6 Å². The number of carboxylic acid groups (broad SMARTS) is 1. The molecule has 1 saturated heterocycles. The molecule has 9 nitrogen and oxygen atoms in total. The van der Waals surface area contributed by atoms with Gasteiger partial charge in [-0.2, -0.15) is 8.42 Å². The van der Waals surface area contributed by atoms with E-state index in [1.54, 1.807) is 35.1 Å². The maximum absolute atomic E-state index is 16.1. The summed E-state index contributed by atoms with van der Waals surface area (Å²) in [7, 11) is -4.48. The lowest BCUT2D eigenvalue weighted by atomic mass is 9.85. The molecule has 200 valence electrons. The fraction of sp³-hybridized carbons (Fsp3) is 0.440. The second-order valence-corrected chi connectivity index (χ2v) is 11.2. The van der Waals surface area contributed by atoms with Crippen LogP contribution in [0.25, 0.3) is 0 Å². The van der Waals surface area contributed by atoms with Crippen molar-refractivity contribution in [1.29, 1.82) is 0 Å². The van der Waals surface area contributed by atoms with E-state index in [4.69, 9.17) is 4.74 Å². The second-order valence-electron chi connectivity index (χ2n) is 9.63. The third-order valence-corrected chi connectivity index (χ3v) is 7.99. The Hall–Kier alpha value is -3.41. The van der Waals surface area contributed by atoms with Gasteiger partial charge in [0.1, 0.15) is 18.8 Å². The summed E-state index contributed by atoms with van der Waals surface area (Å²) in [6, 6.07) is 8.07. The summed E-state index contributed by atoms with van der Waals surface area (Å²) in [6.45, 7) is 3.25. The van der Waals surface area contributed by atoms with Crippen molar-refractivity contribution in [1.82, 2.24) is 9.62 Å². The predicted octanol–water partition coefficient (Wildman–Crippen LogP) is 3.61. The van der Waals surface area contributed by atoms with Crippen molar-refractivity contribution >= 4 is 27.9 Å². The number of nitrogens with one attached hydrogen (secondary N) is 1. The maximum Gasteiger partial charge on any atom is 0.407 e. The number of anilines is 1. The Morgan fingerprint density at radius 2 is 1.92 bits per heavy atom.